The Hall–Kier alpha value is -6.70. The van der Waals surface area contributed by atoms with E-state index in [1.807, 2.05) is 60.8 Å². The first-order valence-electron chi connectivity index (χ1n) is 16.7. The summed E-state index contributed by atoms with van der Waals surface area (Å²) in [4.78, 5) is 18.9. The summed E-state index contributed by atoms with van der Waals surface area (Å²) in [7, 11) is 0. The highest BCUT2D eigenvalue weighted by Gasteiger charge is 2.45. The van der Waals surface area contributed by atoms with Crippen LogP contribution in [0.2, 0.25) is 0 Å². The maximum absolute atomic E-state index is 8.42. The molecule has 0 bridgehead atoms. The van der Waals surface area contributed by atoms with Gasteiger partial charge in [0.2, 0.25) is 0 Å². The van der Waals surface area contributed by atoms with E-state index in [0.717, 1.165) is 78.0 Å². The molecule has 9 rings (SSSR count). The Morgan fingerprint density at radius 1 is 0.480 bits per heavy atom. The monoisotopic (exact) mass is 638 g/mol. The van der Waals surface area contributed by atoms with Gasteiger partial charge in [-0.1, -0.05) is 103 Å². The van der Waals surface area contributed by atoms with Crippen LogP contribution in [0.4, 0.5) is 0 Å². The van der Waals surface area contributed by atoms with Crippen molar-refractivity contribution in [3.8, 4) is 67.3 Å². The number of nitrogens with zero attached hydrogens (tertiary/aromatic N) is 4. The highest BCUT2D eigenvalue weighted by molar-refractivity contribution is 5.95. The van der Waals surface area contributed by atoms with Gasteiger partial charge in [0.15, 0.2) is 5.82 Å². The molecule has 0 saturated carbocycles. The highest BCUT2D eigenvalue weighted by atomic mass is 14.9. The zero-order chi connectivity index (χ0) is 33.7. The normalized spacial score (nSPS) is 14.6. The summed E-state index contributed by atoms with van der Waals surface area (Å²) in [5.41, 5.74) is 12.3. The van der Waals surface area contributed by atoms with Gasteiger partial charge in [0.25, 0.3) is 5.54 Å². The minimum absolute atomic E-state index is 0.672. The van der Waals surface area contributed by atoms with Crippen LogP contribution in [0.1, 0.15) is 18.1 Å². The lowest BCUT2D eigenvalue weighted by molar-refractivity contribution is 0.742. The Balaban J connectivity index is 1.24. The second-order valence-corrected chi connectivity index (χ2v) is 12.9. The average molecular weight is 639 g/mol. The first kappa shape index (κ1) is 29.4. The highest BCUT2D eigenvalue weighted by Crippen LogP contribution is 2.52. The zero-order valence-electron chi connectivity index (χ0n) is 27.4. The molecule has 2 heterocycles. The molecule has 4 heteroatoms. The zero-order valence-corrected chi connectivity index (χ0v) is 27.4. The smallest absolute Gasteiger partial charge is 0.281 e. The third kappa shape index (κ3) is 4.96. The van der Waals surface area contributed by atoms with Crippen LogP contribution >= 0.6 is 0 Å². The van der Waals surface area contributed by atoms with Crippen molar-refractivity contribution in [3.63, 3.8) is 0 Å². The number of aromatic nitrogens is 3. The third-order valence-corrected chi connectivity index (χ3v) is 9.85. The van der Waals surface area contributed by atoms with Crippen molar-refractivity contribution in [2.45, 2.75) is 12.5 Å². The third-order valence-electron chi connectivity index (χ3n) is 9.85. The topological polar surface area (TPSA) is 43.0 Å². The molecule has 1 aliphatic rings. The van der Waals surface area contributed by atoms with E-state index in [0.29, 0.717) is 5.82 Å². The molecule has 0 amide bonds. The Bertz CT molecular complexity index is 2550. The van der Waals surface area contributed by atoms with E-state index in [1.54, 1.807) is 6.20 Å². The van der Waals surface area contributed by atoms with Crippen molar-refractivity contribution in [2.75, 3.05) is 0 Å². The molecule has 8 aromatic rings. The molecule has 2 aromatic heterocycles. The van der Waals surface area contributed by atoms with E-state index in [4.69, 9.17) is 16.5 Å². The fourth-order valence-electron chi connectivity index (χ4n) is 7.20. The fourth-order valence-corrected chi connectivity index (χ4v) is 7.20. The standard InChI is InChI=1S/C46H30N4/c1-46(47-2)41-27-34(19-20-39(41)40-25-32-16-9-10-17-33(32)26-42(40)46)36-22-37(35-18-11-21-48-29-35)24-38(23-36)44-28-43(30-12-5-3-6-13-30)49-45(50-44)31-14-7-4-8-15-31/h3-29H,1H3. The summed E-state index contributed by atoms with van der Waals surface area (Å²) in [6, 6.07) is 52.5. The maximum Gasteiger partial charge on any atom is 0.281 e. The summed E-state index contributed by atoms with van der Waals surface area (Å²) >= 11 is 0. The average Bonchev–Trinajstić information content (AvgIpc) is 3.44. The second-order valence-electron chi connectivity index (χ2n) is 12.9. The second kappa shape index (κ2) is 11.8. The van der Waals surface area contributed by atoms with Gasteiger partial charge in [-0.3, -0.25) is 4.98 Å². The molecule has 6 aromatic carbocycles. The Morgan fingerprint density at radius 3 is 1.78 bits per heavy atom. The van der Waals surface area contributed by atoms with Crippen molar-refractivity contribution in [1.29, 1.82) is 0 Å². The van der Waals surface area contributed by atoms with Crippen LogP contribution < -0.4 is 0 Å². The number of rotatable bonds is 5. The van der Waals surface area contributed by atoms with Crippen LogP contribution in [0.25, 0.3) is 82.9 Å². The number of benzene rings is 6. The summed E-state index contributed by atoms with van der Waals surface area (Å²) in [6.45, 7) is 10.5. The number of hydrogen-bond donors (Lipinski definition) is 0. The van der Waals surface area contributed by atoms with E-state index in [1.165, 1.54) is 5.39 Å². The Morgan fingerprint density at radius 2 is 1.08 bits per heavy atom. The molecule has 1 aliphatic carbocycles. The Kier molecular flexibility index (Phi) is 6.93. The number of hydrogen-bond acceptors (Lipinski definition) is 3. The van der Waals surface area contributed by atoms with Gasteiger partial charge >= 0.3 is 0 Å². The molecule has 0 aliphatic heterocycles. The molecule has 1 unspecified atom stereocenters. The van der Waals surface area contributed by atoms with Gasteiger partial charge in [0.1, 0.15) is 0 Å². The molecule has 1 atom stereocenters. The molecule has 234 valence electrons. The fraction of sp³-hybridized carbons (Fsp3) is 0.0435. The van der Waals surface area contributed by atoms with Crippen LogP contribution in [-0.4, -0.2) is 15.0 Å². The maximum atomic E-state index is 8.42. The van der Waals surface area contributed by atoms with Crippen molar-refractivity contribution in [1.82, 2.24) is 15.0 Å². The number of pyridine rings is 1. The molecule has 0 spiro atoms. The molecule has 4 nitrogen and oxygen atoms in total. The van der Waals surface area contributed by atoms with Crippen LogP contribution in [0.15, 0.2) is 164 Å². The minimum Gasteiger partial charge on any atom is -0.300 e. The van der Waals surface area contributed by atoms with E-state index < -0.39 is 5.54 Å². The summed E-state index contributed by atoms with van der Waals surface area (Å²) in [5, 5.41) is 2.33. The van der Waals surface area contributed by atoms with Crippen LogP contribution in [-0.2, 0) is 5.54 Å². The van der Waals surface area contributed by atoms with Gasteiger partial charge in [0.05, 0.1) is 11.4 Å². The summed E-state index contributed by atoms with van der Waals surface area (Å²) in [5.74, 6) is 0.672. The Labute approximate surface area is 291 Å². The van der Waals surface area contributed by atoms with Crippen molar-refractivity contribution in [3.05, 3.63) is 187 Å². The SMILES string of the molecule is [C-]#[N+]C1(C)c2cc(-c3cc(-c4cccnc4)cc(-c4cc(-c5ccccc5)nc(-c5ccccc5)n4)c3)ccc2-c2cc3ccccc3cc21. The molecular weight excluding hydrogens is 609 g/mol. The lowest BCUT2D eigenvalue weighted by atomic mass is 9.87. The lowest BCUT2D eigenvalue weighted by Gasteiger charge is -2.16. The molecule has 0 N–H and O–H groups in total. The molecule has 0 fully saturated rings. The van der Waals surface area contributed by atoms with Gasteiger partial charge in [-0.15, -0.1) is 0 Å². The quantitative estimate of drug-likeness (QED) is 0.176. The van der Waals surface area contributed by atoms with Crippen molar-refractivity contribution in [2.24, 2.45) is 0 Å². The number of fused-ring (bicyclic) bond motifs is 4. The van der Waals surface area contributed by atoms with Gasteiger partial charge in [-0.2, -0.15) is 0 Å². The lowest BCUT2D eigenvalue weighted by Crippen LogP contribution is -2.15. The van der Waals surface area contributed by atoms with Gasteiger partial charge in [-0.05, 0) is 87.1 Å². The molecule has 0 saturated heterocycles. The largest absolute Gasteiger partial charge is 0.300 e. The van der Waals surface area contributed by atoms with Gasteiger partial charge in [0, 0.05) is 52.7 Å². The molecule has 50 heavy (non-hydrogen) atoms. The van der Waals surface area contributed by atoms with Crippen molar-refractivity contribution >= 4 is 10.8 Å². The van der Waals surface area contributed by atoms with Crippen LogP contribution in [0, 0.1) is 6.57 Å². The predicted octanol–water partition coefficient (Wildman–Crippen LogP) is 11.5. The van der Waals surface area contributed by atoms with Crippen molar-refractivity contribution < 1.29 is 0 Å². The summed E-state index contributed by atoms with van der Waals surface area (Å²) in [6.07, 6.45) is 3.69. The predicted molar refractivity (Wildman–Crippen MR) is 203 cm³/mol. The first-order chi connectivity index (χ1) is 24.6. The van der Waals surface area contributed by atoms with E-state index in [2.05, 4.69) is 114 Å². The van der Waals surface area contributed by atoms with E-state index in [9.17, 15) is 0 Å². The van der Waals surface area contributed by atoms with Gasteiger partial charge < -0.3 is 4.85 Å². The molecular formula is C46H30N4. The van der Waals surface area contributed by atoms with E-state index >= 15 is 0 Å². The summed E-state index contributed by atoms with van der Waals surface area (Å²) < 4.78 is 0. The van der Waals surface area contributed by atoms with E-state index in [-0.39, 0.29) is 0 Å². The minimum atomic E-state index is -0.795. The van der Waals surface area contributed by atoms with Gasteiger partial charge in [-0.25, -0.2) is 16.5 Å². The van der Waals surface area contributed by atoms with Crippen LogP contribution in [0.5, 0.6) is 0 Å². The van der Waals surface area contributed by atoms with Crippen LogP contribution in [0.3, 0.4) is 0 Å². The first-order valence-corrected chi connectivity index (χ1v) is 16.7. The molecule has 0 radical (unpaired) electrons.